The van der Waals surface area contributed by atoms with E-state index >= 15 is 0 Å². The molecular formula is C15H24N2O2. The number of carbonyl (C=O) groups is 1. The molecule has 0 bridgehead atoms. The molecule has 1 aromatic carbocycles. The monoisotopic (exact) mass is 264 g/mol. The van der Waals surface area contributed by atoms with Crippen LogP contribution in [0.5, 0.6) is 0 Å². The van der Waals surface area contributed by atoms with Crippen LogP contribution in [0, 0.1) is 0 Å². The van der Waals surface area contributed by atoms with Crippen molar-refractivity contribution < 1.29 is 9.53 Å². The second-order valence-electron chi connectivity index (χ2n) is 4.66. The standard InChI is InChI=1S/C15H24N2O2/c1-5-17(14-9-7-6-8-10-14)15(18)13(3)16-12(2)11-19-4/h6-10,12-13,16H,5,11H2,1-4H3/t12-,13+/m0/s1. The third-order valence-electron chi connectivity index (χ3n) is 2.97. The third-order valence-corrected chi connectivity index (χ3v) is 2.97. The van der Waals surface area contributed by atoms with Crippen LogP contribution in [0.4, 0.5) is 5.69 Å². The van der Waals surface area contributed by atoms with Gasteiger partial charge in [0.15, 0.2) is 0 Å². The van der Waals surface area contributed by atoms with Crippen molar-refractivity contribution in [1.29, 1.82) is 0 Å². The lowest BCUT2D eigenvalue weighted by atomic mass is 10.2. The van der Waals surface area contributed by atoms with E-state index in [1.807, 2.05) is 51.1 Å². The summed E-state index contributed by atoms with van der Waals surface area (Å²) in [6.07, 6.45) is 0. The van der Waals surface area contributed by atoms with Gasteiger partial charge in [0.05, 0.1) is 12.6 Å². The molecule has 0 heterocycles. The lowest BCUT2D eigenvalue weighted by Crippen LogP contribution is -2.48. The lowest BCUT2D eigenvalue weighted by Gasteiger charge is -2.26. The number of anilines is 1. The number of hydrogen-bond donors (Lipinski definition) is 1. The molecule has 0 radical (unpaired) electrons. The summed E-state index contributed by atoms with van der Waals surface area (Å²) in [5, 5.41) is 3.25. The quantitative estimate of drug-likeness (QED) is 0.819. The van der Waals surface area contributed by atoms with E-state index in [1.165, 1.54) is 0 Å². The van der Waals surface area contributed by atoms with Crippen LogP contribution in [0.3, 0.4) is 0 Å². The van der Waals surface area contributed by atoms with Gasteiger partial charge in [0.25, 0.3) is 0 Å². The second-order valence-corrected chi connectivity index (χ2v) is 4.66. The smallest absolute Gasteiger partial charge is 0.243 e. The number of methoxy groups -OCH3 is 1. The van der Waals surface area contributed by atoms with E-state index in [0.717, 1.165) is 5.69 Å². The van der Waals surface area contributed by atoms with Crippen molar-refractivity contribution in [1.82, 2.24) is 5.32 Å². The van der Waals surface area contributed by atoms with Gasteiger partial charge < -0.3 is 15.0 Å². The van der Waals surface area contributed by atoms with Gasteiger partial charge in [0.2, 0.25) is 5.91 Å². The molecule has 1 amide bonds. The Morgan fingerprint density at radius 1 is 1.32 bits per heavy atom. The van der Waals surface area contributed by atoms with Crippen LogP contribution in [0.15, 0.2) is 30.3 Å². The number of rotatable bonds is 7. The zero-order valence-corrected chi connectivity index (χ0v) is 12.2. The van der Waals surface area contributed by atoms with Crippen LogP contribution in [-0.4, -0.2) is 38.3 Å². The van der Waals surface area contributed by atoms with Crippen LogP contribution in [-0.2, 0) is 9.53 Å². The van der Waals surface area contributed by atoms with Gasteiger partial charge in [0.1, 0.15) is 0 Å². The molecule has 1 rings (SSSR count). The number of hydrogen-bond acceptors (Lipinski definition) is 3. The van der Waals surface area contributed by atoms with Crippen LogP contribution in [0.1, 0.15) is 20.8 Å². The maximum absolute atomic E-state index is 12.4. The number of ether oxygens (including phenoxy) is 1. The van der Waals surface area contributed by atoms with E-state index in [2.05, 4.69) is 5.32 Å². The average Bonchev–Trinajstić information content (AvgIpc) is 2.40. The SMILES string of the molecule is CCN(C(=O)[C@@H](C)N[C@@H](C)COC)c1ccccc1. The van der Waals surface area contributed by atoms with Gasteiger partial charge in [0, 0.05) is 25.4 Å². The topological polar surface area (TPSA) is 41.6 Å². The minimum absolute atomic E-state index is 0.0802. The molecule has 4 heteroatoms. The number of amides is 1. The molecule has 0 saturated heterocycles. The predicted molar refractivity (Wildman–Crippen MR) is 78.4 cm³/mol. The zero-order chi connectivity index (χ0) is 14.3. The molecule has 19 heavy (non-hydrogen) atoms. The molecule has 0 spiro atoms. The summed E-state index contributed by atoms with van der Waals surface area (Å²) < 4.78 is 5.07. The minimum atomic E-state index is -0.231. The van der Waals surface area contributed by atoms with E-state index < -0.39 is 0 Å². The van der Waals surface area contributed by atoms with Crippen molar-refractivity contribution in [2.45, 2.75) is 32.9 Å². The molecule has 0 saturated carbocycles. The average molecular weight is 264 g/mol. The molecule has 1 aromatic rings. The minimum Gasteiger partial charge on any atom is -0.383 e. The summed E-state index contributed by atoms with van der Waals surface area (Å²) in [5.74, 6) is 0.0802. The largest absolute Gasteiger partial charge is 0.383 e. The van der Waals surface area contributed by atoms with Crippen LogP contribution in [0.25, 0.3) is 0 Å². The van der Waals surface area contributed by atoms with E-state index in [1.54, 1.807) is 12.0 Å². The fourth-order valence-corrected chi connectivity index (χ4v) is 2.10. The summed E-state index contributed by atoms with van der Waals surface area (Å²) in [5.41, 5.74) is 0.933. The van der Waals surface area contributed by atoms with Gasteiger partial charge >= 0.3 is 0 Å². The number of carbonyl (C=O) groups excluding carboxylic acids is 1. The first-order valence-electron chi connectivity index (χ1n) is 6.71. The molecule has 4 nitrogen and oxygen atoms in total. The van der Waals surface area contributed by atoms with Gasteiger partial charge in [-0.2, -0.15) is 0 Å². The Hall–Kier alpha value is -1.39. The summed E-state index contributed by atoms with van der Waals surface area (Å²) >= 11 is 0. The van der Waals surface area contributed by atoms with E-state index in [0.29, 0.717) is 13.2 Å². The molecule has 0 aliphatic carbocycles. The highest BCUT2D eigenvalue weighted by Gasteiger charge is 2.21. The van der Waals surface area contributed by atoms with Crippen molar-refractivity contribution in [2.75, 3.05) is 25.2 Å². The number of nitrogens with zero attached hydrogens (tertiary/aromatic N) is 1. The van der Waals surface area contributed by atoms with E-state index in [-0.39, 0.29) is 18.0 Å². The van der Waals surface area contributed by atoms with E-state index in [4.69, 9.17) is 4.74 Å². The first-order valence-corrected chi connectivity index (χ1v) is 6.71. The number of nitrogens with one attached hydrogen (secondary N) is 1. The van der Waals surface area contributed by atoms with Gasteiger partial charge in [-0.15, -0.1) is 0 Å². The highest BCUT2D eigenvalue weighted by molar-refractivity contribution is 5.96. The maximum atomic E-state index is 12.4. The summed E-state index contributed by atoms with van der Waals surface area (Å²) in [4.78, 5) is 14.2. The first-order chi connectivity index (χ1) is 9.10. The van der Waals surface area contributed by atoms with Crippen molar-refractivity contribution >= 4 is 11.6 Å². The fourth-order valence-electron chi connectivity index (χ4n) is 2.10. The molecular weight excluding hydrogens is 240 g/mol. The van der Waals surface area contributed by atoms with Crippen molar-refractivity contribution in [3.05, 3.63) is 30.3 Å². The summed E-state index contributed by atoms with van der Waals surface area (Å²) in [7, 11) is 1.66. The maximum Gasteiger partial charge on any atom is 0.243 e. The molecule has 106 valence electrons. The highest BCUT2D eigenvalue weighted by Crippen LogP contribution is 2.14. The fraction of sp³-hybridized carbons (Fsp3) is 0.533. The number of benzene rings is 1. The van der Waals surface area contributed by atoms with Crippen LogP contribution >= 0.6 is 0 Å². The molecule has 0 aromatic heterocycles. The highest BCUT2D eigenvalue weighted by atomic mass is 16.5. The Morgan fingerprint density at radius 2 is 1.95 bits per heavy atom. The Balaban J connectivity index is 2.68. The van der Waals surface area contributed by atoms with Gasteiger partial charge in [-0.25, -0.2) is 0 Å². The normalized spacial score (nSPS) is 13.9. The second kappa shape index (κ2) is 7.92. The Morgan fingerprint density at radius 3 is 2.47 bits per heavy atom. The van der Waals surface area contributed by atoms with Crippen molar-refractivity contribution in [2.24, 2.45) is 0 Å². The van der Waals surface area contributed by atoms with Crippen LogP contribution < -0.4 is 10.2 Å². The van der Waals surface area contributed by atoms with Crippen LogP contribution in [0.2, 0.25) is 0 Å². The zero-order valence-electron chi connectivity index (χ0n) is 12.2. The Labute approximate surface area is 115 Å². The molecule has 0 unspecified atom stereocenters. The Bertz CT molecular complexity index is 381. The predicted octanol–water partition coefficient (Wildman–Crippen LogP) is 2.05. The van der Waals surface area contributed by atoms with Gasteiger partial charge in [-0.1, -0.05) is 18.2 Å². The summed E-state index contributed by atoms with van der Waals surface area (Å²) in [6.45, 7) is 7.13. The van der Waals surface area contributed by atoms with E-state index in [9.17, 15) is 4.79 Å². The molecule has 1 N–H and O–H groups in total. The third kappa shape index (κ3) is 4.65. The van der Waals surface area contributed by atoms with Gasteiger partial charge in [-0.3, -0.25) is 4.79 Å². The number of para-hydroxylation sites is 1. The lowest BCUT2D eigenvalue weighted by molar-refractivity contribution is -0.120. The van der Waals surface area contributed by atoms with Crippen molar-refractivity contribution in [3.8, 4) is 0 Å². The van der Waals surface area contributed by atoms with Crippen molar-refractivity contribution in [3.63, 3.8) is 0 Å². The molecule has 0 aliphatic rings. The Kier molecular flexibility index (Phi) is 6.53. The molecule has 2 atom stereocenters. The summed E-state index contributed by atoms with van der Waals surface area (Å²) in [6, 6.07) is 9.65. The number of likely N-dealkylation sites (N-methyl/N-ethyl adjacent to an activating group) is 1. The molecule has 0 aliphatic heterocycles. The first kappa shape index (κ1) is 15.7. The molecule has 0 fully saturated rings. The van der Waals surface area contributed by atoms with Gasteiger partial charge in [-0.05, 0) is 32.9 Å².